The van der Waals surface area contributed by atoms with Crippen LogP contribution in [0.25, 0.3) is 0 Å². The average molecular weight is 549 g/mol. The maximum atomic E-state index is 12.1. The maximum Gasteiger partial charge on any atom is 0.224 e. The SMILES string of the molecule is CCNC(=NCC1CCN(Cc2nc(C)c(C)o2)CC1)NCCC(=O)N(CC)CC.I. The molecule has 2 N–H and O–H groups in total. The number of halogens is 1. The van der Waals surface area contributed by atoms with Crippen molar-refractivity contribution in [2.24, 2.45) is 10.9 Å². The smallest absolute Gasteiger partial charge is 0.224 e. The summed E-state index contributed by atoms with van der Waals surface area (Å²) in [6.07, 6.45) is 2.74. The Morgan fingerprint density at radius 1 is 1.19 bits per heavy atom. The van der Waals surface area contributed by atoms with E-state index in [2.05, 4.69) is 27.4 Å². The number of nitrogens with zero attached hydrogens (tertiary/aromatic N) is 4. The van der Waals surface area contributed by atoms with Gasteiger partial charge >= 0.3 is 0 Å². The van der Waals surface area contributed by atoms with Crippen LogP contribution in [-0.2, 0) is 11.3 Å². The molecule has 0 bridgehead atoms. The van der Waals surface area contributed by atoms with Crippen molar-refractivity contribution in [2.75, 3.05) is 45.8 Å². The average Bonchev–Trinajstić information content (AvgIpc) is 3.05. The minimum atomic E-state index is 0. The van der Waals surface area contributed by atoms with E-state index >= 15 is 0 Å². The molecular formula is C22H41IN6O2. The number of piperidine rings is 1. The minimum absolute atomic E-state index is 0. The first kappa shape index (κ1) is 27.7. The van der Waals surface area contributed by atoms with E-state index in [0.29, 0.717) is 18.9 Å². The van der Waals surface area contributed by atoms with Crippen LogP contribution in [0.1, 0.15) is 57.4 Å². The first-order valence-corrected chi connectivity index (χ1v) is 11.4. The number of aryl methyl sites for hydroxylation is 2. The van der Waals surface area contributed by atoms with Crippen LogP contribution in [0.2, 0.25) is 0 Å². The van der Waals surface area contributed by atoms with Crippen LogP contribution in [0.3, 0.4) is 0 Å². The fraction of sp³-hybridized carbons (Fsp3) is 0.773. The monoisotopic (exact) mass is 548 g/mol. The Morgan fingerprint density at radius 3 is 2.42 bits per heavy atom. The third kappa shape index (κ3) is 9.34. The summed E-state index contributed by atoms with van der Waals surface area (Å²) in [4.78, 5) is 25.7. The second-order valence-corrected chi connectivity index (χ2v) is 7.93. The molecule has 1 aliphatic heterocycles. The lowest BCUT2D eigenvalue weighted by Gasteiger charge is -2.30. The van der Waals surface area contributed by atoms with Gasteiger partial charge in [0, 0.05) is 39.1 Å². The van der Waals surface area contributed by atoms with Gasteiger partial charge in [0.05, 0.1) is 12.2 Å². The highest BCUT2D eigenvalue weighted by atomic mass is 127. The van der Waals surface area contributed by atoms with E-state index in [-0.39, 0.29) is 29.9 Å². The van der Waals surface area contributed by atoms with Crippen molar-refractivity contribution in [1.29, 1.82) is 0 Å². The highest BCUT2D eigenvalue weighted by Crippen LogP contribution is 2.20. The number of aliphatic imine (C=N–C) groups is 1. The van der Waals surface area contributed by atoms with Gasteiger partial charge in [0.2, 0.25) is 11.8 Å². The van der Waals surface area contributed by atoms with Gasteiger partial charge in [-0.3, -0.25) is 14.7 Å². The van der Waals surface area contributed by atoms with Crippen LogP contribution in [0.4, 0.5) is 0 Å². The van der Waals surface area contributed by atoms with E-state index in [0.717, 1.165) is 82.0 Å². The fourth-order valence-electron chi connectivity index (χ4n) is 3.71. The van der Waals surface area contributed by atoms with Gasteiger partial charge in [0.15, 0.2) is 5.96 Å². The zero-order valence-corrected chi connectivity index (χ0v) is 22.2. The van der Waals surface area contributed by atoms with Crippen molar-refractivity contribution in [1.82, 2.24) is 25.4 Å². The molecule has 0 radical (unpaired) electrons. The number of rotatable bonds is 10. The molecule has 9 heteroatoms. The third-order valence-electron chi connectivity index (χ3n) is 5.74. The Bertz CT molecular complexity index is 662. The molecule has 2 heterocycles. The number of hydrogen-bond acceptors (Lipinski definition) is 5. The summed E-state index contributed by atoms with van der Waals surface area (Å²) in [5.41, 5.74) is 0.983. The van der Waals surface area contributed by atoms with Crippen LogP contribution < -0.4 is 10.6 Å². The Kier molecular flexibility index (Phi) is 13.1. The molecule has 8 nitrogen and oxygen atoms in total. The Hall–Kier alpha value is -1.36. The van der Waals surface area contributed by atoms with E-state index < -0.39 is 0 Å². The maximum absolute atomic E-state index is 12.1. The van der Waals surface area contributed by atoms with Crippen LogP contribution in [-0.4, -0.2) is 72.5 Å². The molecule has 0 atom stereocenters. The lowest BCUT2D eigenvalue weighted by atomic mass is 9.97. The summed E-state index contributed by atoms with van der Waals surface area (Å²) in [6, 6.07) is 0. The summed E-state index contributed by atoms with van der Waals surface area (Å²) >= 11 is 0. The van der Waals surface area contributed by atoms with Gasteiger partial charge in [-0.05, 0) is 66.5 Å². The topological polar surface area (TPSA) is 86.0 Å². The van der Waals surface area contributed by atoms with Crippen molar-refractivity contribution in [3.63, 3.8) is 0 Å². The number of hydrogen-bond donors (Lipinski definition) is 2. The van der Waals surface area contributed by atoms with Crippen LogP contribution in [0.15, 0.2) is 9.41 Å². The predicted molar refractivity (Wildman–Crippen MR) is 136 cm³/mol. The molecular weight excluding hydrogens is 507 g/mol. The number of guanidine groups is 1. The molecule has 1 aromatic heterocycles. The summed E-state index contributed by atoms with van der Waals surface area (Å²) in [5, 5.41) is 6.59. The number of carbonyl (C=O) groups is 1. The molecule has 1 fully saturated rings. The van der Waals surface area contributed by atoms with Crippen LogP contribution in [0, 0.1) is 19.8 Å². The lowest BCUT2D eigenvalue weighted by Crippen LogP contribution is -2.40. The van der Waals surface area contributed by atoms with E-state index in [1.165, 1.54) is 0 Å². The van der Waals surface area contributed by atoms with E-state index in [9.17, 15) is 4.79 Å². The molecule has 0 spiro atoms. The normalized spacial score (nSPS) is 15.5. The summed E-state index contributed by atoms with van der Waals surface area (Å²) in [5.74, 6) is 3.31. The van der Waals surface area contributed by atoms with Crippen molar-refractivity contribution in [3.8, 4) is 0 Å². The van der Waals surface area contributed by atoms with Crippen molar-refractivity contribution in [3.05, 3.63) is 17.3 Å². The quantitative estimate of drug-likeness (QED) is 0.266. The Morgan fingerprint density at radius 2 is 1.87 bits per heavy atom. The summed E-state index contributed by atoms with van der Waals surface area (Å²) < 4.78 is 5.71. The van der Waals surface area contributed by atoms with E-state index in [1.54, 1.807) is 0 Å². The molecule has 0 aliphatic carbocycles. The van der Waals surface area contributed by atoms with Crippen molar-refractivity contribution in [2.45, 2.75) is 60.4 Å². The molecule has 0 unspecified atom stereocenters. The van der Waals surface area contributed by atoms with E-state index in [4.69, 9.17) is 9.41 Å². The Labute approximate surface area is 204 Å². The second-order valence-electron chi connectivity index (χ2n) is 7.93. The van der Waals surface area contributed by atoms with Crippen molar-refractivity contribution >= 4 is 35.8 Å². The number of oxazole rings is 1. The number of amides is 1. The first-order valence-electron chi connectivity index (χ1n) is 11.4. The van der Waals surface area contributed by atoms with Gasteiger partial charge in [-0.15, -0.1) is 24.0 Å². The van der Waals surface area contributed by atoms with Crippen molar-refractivity contribution < 1.29 is 9.21 Å². The standard InChI is InChI=1S/C22H40N6O2.HI/c1-6-23-22(24-12-9-21(29)28(7-2)8-3)25-15-19-10-13-27(14-11-19)16-20-26-17(4)18(5)30-20;/h19H,6-16H2,1-5H3,(H2,23,24,25);1H. The van der Waals surface area contributed by atoms with Gasteiger partial charge in [-0.1, -0.05) is 0 Å². The van der Waals surface area contributed by atoms with E-state index in [1.807, 2.05) is 32.6 Å². The largest absolute Gasteiger partial charge is 0.444 e. The molecule has 2 rings (SSSR count). The molecule has 0 aromatic carbocycles. The highest BCUT2D eigenvalue weighted by molar-refractivity contribution is 14.0. The molecule has 0 saturated carbocycles. The lowest BCUT2D eigenvalue weighted by molar-refractivity contribution is -0.130. The minimum Gasteiger partial charge on any atom is -0.444 e. The van der Waals surface area contributed by atoms with Gasteiger partial charge in [-0.25, -0.2) is 4.98 Å². The van der Waals surface area contributed by atoms with Gasteiger partial charge in [0.25, 0.3) is 0 Å². The highest BCUT2D eigenvalue weighted by Gasteiger charge is 2.21. The Balaban J connectivity index is 0.00000480. The third-order valence-corrected chi connectivity index (χ3v) is 5.74. The van der Waals surface area contributed by atoms with Gasteiger partial charge < -0.3 is 20.0 Å². The predicted octanol–water partition coefficient (Wildman–Crippen LogP) is 2.94. The zero-order chi connectivity index (χ0) is 21.9. The molecule has 31 heavy (non-hydrogen) atoms. The number of aromatic nitrogens is 1. The van der Waals surface area contributed by atoms with Crippen LogP contribution in [0.5, 0.6) is 0 Å². The first-order chi connectivity index (χ1) is 14.5. The molecule has 1 saturated heterocycles. The number of nitrogens with one attached hydrogen (secondary N) is 2. The molecule has 178 valence electrons. The second kappa shape index (κ2) is 14.7. The summed E-state index contributed by atoms with van der Waals surface area (Å²) in [6.45, 7) is 16.7. The number of carbonyl (C=O) groups excluding carboxylic acids is 1. The fourth-order valence-corrected chi connectivity index (χ4v) is 3.71. The number of likely N-dealkylation sites (tertiary alicyclic amines) is 1. The zero-order valence-electron chi connectivity index (χ0n) is 19.9. The molecule has 1 amide bonds. The molecule has 1 aliphatic rings. The van der Waals surface area contributed by atoms with Crippen LogP contribution >= 0.6 is 24.0 Å². The van der Waals surface area contributed by atoms with Gasteiger partial charge in [-0.2, -0.15) is 0 Å². The van der Waals surface area contributed by atoms with Gasteiger partial charge in [0.1, 0.15) is 5.76 Å². The summed E-state index contributed by atoms with van der Waals surface area (Å²) in [7, 11) is 0. The molecule has 1 aromatic rings.